The highest BCUT2D eigenvalue weighted by Crippen LogP contribution is 2.26. The predicted molar refractivity (Wildman–Crippen MR) is 102 cm³/mol. The van der Waals surface area contributed by atoms with Crippen molar-refractivity contribution >= 4 is 23.2 Å². The minimum Gasteiger partial charge on any atom is -0.372 e. The fraction of sp³-hybridized carbons (Fsp3) is 0.600. The molecule has 0 aliphatic carbocycles. The van der Waals surface area contributed by atoms with Crippen molar-refractivity contribution in [3.05, 3.63) is 24.0 Å². The summed E-state index contributed by atoms with van der Waals surface area (Å²) in [5, 5.41) is 2.70. The van der Waals surface area contributed by atoms with Gasteiger partial charge in [-0.2, -0.15) is 0 Å². The van der Waals surface area contributed by atoms with Gasteiger partial charge in [-0.15, -0.1) is 0 Å². The van der Waals surface area contributed by atoms with E-state index >= 15 is 0 Å². The number of anilines is 2. The van der Waals surface area contributed by atoms with Gasteiger partial charge in [0.25, 0.3) is 0 Å². The number of benzene rings is 1. The molecule has 1 N–H and O–H groups in total. The van der Waals surface area contributed by atoms with E-state index in [1.807, 2.05) is 18.7 Å². The molecular formula is C20H28FN3O3. The largest absolute Gasteiger partial charge is 0.372 e. The van der Waals surface area contributed by atoms with E-state index in [4.69, 9.17) is 4.74 Å². The minimum atomic E-state index is -0.375. The van der Waals surface area contributed by atoms with Crippen molar-refractivity contribution in [2.45, 2.75) is 51.7 Å². The molecule has 0 aromatic heterocycles. The molecule has 6 nitrogen and oxygen atoms in total. The summed E-state index contributed by atoms with van der Waals surface area (Å²) < 4.78 is 20.3. The summed E-state index contributed by atoms with van der Waals surface area (Å²) in [4.78, 5) is 27.8. The number of ether oxygens (including phenoxy) is 1. The first-order valence-electron chi connectivity index (χ1n) is 9.70. The van der Waals surface area contributed by atoms with Crippen molar-refractivity contribution in [1.29, 1.82) is 0 Å². The van der Waals surface area contributed by atoms with E-state index in [2.05, 4.69) is 5.32 Å². The maximum absolute atomic E-state index is 14.6. The molecule has 2 atom stereocenters. The van der Waals surface area contributed by atoms with Crippen LogP contribution in [-0.2, 0) is 14.3 Å². The van der Waals surface area contributed by atoms with Crippen LogP contribution in [-0.4, -0.2) is 55.1 Å². The van der Waals surface area contributed by atoms with Crippen molar-refractivity contribution in [2.75, 3.05) is 36.4 Å². The summed E-state index contributed by atoms with van der Waals surface area (Å²) in [6.45, 7) is 5.82. The second-order valence-corrected chi connectivity index (χ2v) is 7.50. The number of likely N-dealkylation sites (tertiary alicyclic amines) is 1. The number of hydrogen-bond acceptors (Lipinski definition) is 4. The standard InChI is InChI=1S/C20H28FN3O3/c1-14-11-24(12-15(2)27-14)18-8-7-16(10-17(18)21)22-19(25)13-23-9-5-3-4-6-20(23)26/h7-8,10,14-15H,3-6,9,11-13H2,1-2H3,(H,22,25). The maximum atomic E-state index is 14.6. The van der Waals surface area contributed by atoms with Crippen LogP contribution < -0.4 is 10.2 Å². The molecule has 0 saturated carbocycles. The summed E-state index contributed by atoms with van der Waals surface area (Å²) in [6, 6.07) is 4.72. The van der Waals surface area contributed by atoms with Crippen LogP contribution in [0.3, 0.4) is 0 Å². The third kappa shape index (κ3) is 5.19. The van der Waals surface area contributed by atoms with E-state index in [-0.39, 0.29) is 36.4 Å². The Morgan fingerprint density at radius 2 is 1.96 bits per heavy atom. The molecule has 7 heteroatoms. The number of carbonyl (C=O) groups is 2. The first-order chi connectivity index (χ1) is 12.9. The SMILES string of the molecule is CC1CN(c2ccc(NC(=O)CN3CCCCCC3=O)cc2F)CC(C)O1. The Morgan fingerprint density at radius 1 is 1.22 bits per heavy atom. The van der Waals surface area contributed by atoms with Gasteiger partial charge in [0.1, 0.15) is 5.82 Å². The zero-order valence-electron chi connectivity index (χ0n) is 16.0. The van der Waals surface area contributed by atoms with Gasteiger partial charge in [-0.05, 0) is 44.9 Å². The van der Waals surface area contributed by atoms with Gasteiger partial charge in [0.05, 0.1) is 24.4 Å². The highest BCUT2D eigenvalue weighted by atomic mass is 19.1. The number of nitrogens with zero attached hydrogens (tertiary/aromatic N) is 2. The third-order valence-corrected chi connectivity index (χ3v) is 5.00. The molecule has 2 heterocycles. The molecule has 1 aromatic rings. The molecule has 0 radical (unpaired) electrons. The smallest absolute Gasteiger partial charge is 0.243 e. The lowest BCUT2D eigenvalue weighted by atomic mass is 10.2. The van der Waals surface area contributed by atoms with Crippen LogP contribution in [0.15, 0.2) is 18.2 Å². The van der Waals surface area contributed by atoms with E-state index in [1.54, 1.807) is 17.0 Å². The Kier molecular flexibility index (Phi) is 6.31. The average molecular weight is 377 g/mol. The van der Waals surface area contributed by atoms with Gasteiger partial charge in [-0.1, -0.05) is 6.42 Å². The number of nitrogens with one attached hydrogen (secondary N) is 1. The van der Waals surface area contributed by atoms with Gasteiger partial charge in [0.15, 0.2) is 0 Å². The van der Waals surface area contributed by atoms with Crippen LogP contribution in [0.4, 0.5) is 15.8 Å². The van der Waals surface area contributed by atoms with Gasteiger partial charge in [0, 0.05) is 31.7 Å². The third-order valence-electron chi connectivity index (χ3n) is 5.00. The van der Waals surface area contributed by atoms with E-state index < -0.39 is 0 Å². The number of morpholine rings is 1. The van der Waals surface area contributed by atoms with E-state index in [0.29, 0.717) is 37.4 Å². The summed E-state index contributed by atoms with van der Waals surface area (Å²) >= 11 is 0. The first-order valence-corrected chi connectivity index (χ1v) is 9.70. The van der Waals surface area contributed by atoms with Crippen LogP contribution in [0.5, 0.6) is 0 Å². The molecule has 2 saturated heterocycles. The van der Waals surface area contributed by atoms with Crippen molar-refractivity contribution in [3.63, 3.8) is 0 Å². The second-order valence-electron chi connectivity index (χ2n) is 7.50. The summed E-state index contributed by atoms with van der Waals surface area (Å²) in [7, 11) is 0. The van der Waals surface area contributed by atoms with Crippen LogP contribution in [0.2, 0.25) is 0 Å². The number of amides is 2. The second kappa shape index (κ2) is 8.69. The molecule has 1 aromatic carbocycles. The van der Waals surface area contributed by atoms with Crippen molar-refractivity contribution in [2.24, 2.45) is 0 Å². The zero-order chi connectivity index (χ0) is 19.4. The summed E-state index contributed by atoms with van der Waals surface area (Å²) in [6.07, 6.45) is 3.38. The Balaban J connectivity index is 1.61. The monoisotopic (exact) mass is 377 g/mol. The Hall–Kier alpha value is -2.15. The summed E-state index contributed by atoms with van der Waals surface area (Å²) in [5.74, 6) is -0.661. The Labute approximate surface area is 159 Å². The van der Waals surface area contributed by atoms with Gasteiger partial charge in [0.2, 0.25) is 11.8 Å². The van der Waals surface area contributed by atoms with E-state index in [9.17, 15) is 14.0 Å². The van der Waals surface area contributed by atoms with Gasteiger partial charge < -0.3 is 19.9 Å². The molecule has 2 unspecified atom stereocenters. The maximum Gasteiger partial charge on any atom is 0.243 e. The Morgan fingerprint density at radius 3 is 2.67 bits per heavy atom. The Bertz CT molecular complexity index is 687. The number of rotatable bonds is 4. The number of halogens is 1. The zero-order valence-corrected chi connectivity index (χ0v) is 16.0. The van der Waals surface area contributed by atoms with Crippen LogP contribution in [0.25, 0.3) is 0 Å². The van der Waals surface area contributed by atoms with Crippen molar-refractivity contribution in [3.8, 4) is 0 Å². The molecule has 3 rings (SSSR count). The molecule has 148 valence electrons. The van der Waals surface area contributed by atoms with Crippen LogP contribution in [0, 0.1) is 5.82 Å². The van der Waals surface area contributed by atoms with E-state index in [0.717, 1.165) is 19.3 Å². The highest BCUT2D eigenvalue weighted by molar-refractivity contribution is 5.94. The quantitative estimate of drug-likeness (QED) is 0.877. The minimum absolute atomic E-state index is 0.0136. The number of hydrogen-bond donors (Lipinski definition) is 1. The molecule has 0 spiro atoms. The fourth-order valence-electron chi connectivity index (χ4n) is 3.80. The molecule has 27 heavy (non-hydrogen) atoms. The average Bonchev–Trinajstić information content (AvgIpc) is 2.78. The van der Waals surface area contributed by atoms with Gasteiger partial charge in [-0.25, -0.2) is 4.39 Å². The number of carbonyl (C=O) groups excluding carboxylic acids is 2. The fourth-order valence-corrected chi connectivity index (χ4v) is 3.80. The molecule has 0 bridgehead atoms. The molecule has 2 aliphatic heterocycles. The van der Waals surface area contributed by atoms with Crippen molar-refractivity contribution < 1.29 is 18.7 Å². The lowest BCUT2D eigenvalue weighted by Gasteiger charge is -2.37. The van der Waals surface area contributed by atoms with Crippen LogP contribution in [0.1, 0.15) is 39.5 Å². The summed E-state index contributed by atoms with van der Waals surface area (Å²) in [5.41, 5.74) is 0.913. The molecule has 2 amide bonds. The highest BCUT2D eigenvalue weighted by Gasteiger charge is 2.24. The molecule has 2 fully saturated rings. The lowest BCUT2D eigenvalue weighted by Crippen LogP contribution is -2.45. The van der Waals surface area contributed by atoms with Gasteiger partial charge >= 0.3 is 0 Å². The van der Waals surface area contributed by atoms with Gasteiger partial charge in [-0.3, -0.25) is 9.59 Å². The first kappa shape index (κ1) is 19.6. The predicted octanol–water partition coefficient (Wildman–Crippen LogP) is 2.78. The van der Waals surface area contributed by atoms with Crippen LogP contribution >= 0.6 is 0 Å². The van der Waals surface area contributed by atoms with Crippen molar-refractivity contribution in [1.82, 2.24) is 4.90 Å². The molecule has 2 aliphatic rings. The van der Waals surface area contributed by atoms with E-state index in [1.165, 1.54) is 6.07 Å². The topological polar surface area (TPSA) is 61.9 Å². The molecular weight excluding hydrogens is 349 g/mol. The normalized spacial score (nSPS) is 23.9. The lowest BCUT2D eigenvalue weighted by molar-refractivity contribution is -0.134.